The van der Waals surface area contributed by atoms with Gasteiger partial charge in [-0.1, -0.05) is 37.8 Å². The lowest BCUT2D eigenvalue weighted by molar-refractivity contribution is -1.11. The minimum atomic E-state index is -4.67. The second-order valence-electron chi connectivity index (χ2n) is 28.8. The number of aromatic hydroxyl groups is 4. The molecule has 4 saturated heterocycles. The molecule has 4 aromatic rings. The first-order valence-corrected chi connectivity index (χ1v) is 33.4. The fraction of sp³-hybridized carbons (Fsp3) is 0.500. The molecule has 4 spiro atoms. The Morgan fingerprint density at radius 2 is 1.01 bits per heavy atom. The molecule has 16 atom stereocenters. The number of piperidine rings is 4. The van der Waals surface area contributed by atoms with E-state index in [1.165, 1.54) is 34.9 Å². The third-order valence-electron chi connectivity index (χ3n) is 25.0. The van der Waals surface area contributed by atoms with E-state index in [-0.39, 0.29) is 76.0 Å². The Hall–Kier alpha value is -7.40. The fourth-order valence-electron chi connectivity index (χ4n) is 20.9. The Morgan fingerprint density at radius 1 is 0.558 bits per heavy atom. The molecule has 20 rings (SSSR count). The zero-order chi connectivity index (χ0) is 66.3. The molecule has 0 aromatic heterocycles. The number of nitrogens with zero attached hydrogens (tertiary/aromatic N) is 4. The number of likely N-dealkylation sites (N-methyl/N-ethyl adjacent to an activating group) is 4. The lowest BCUT2D eigenvalue weighted by atomic mass is 9.49. The molecule has 8 bridgehead atoms. The number of hydrogen-bond donors (Lipinski definition) is 10. The van der Waals surface area contributed by atoms with Crippen molar-refractivity contribution in [3.8, 4) is 46.0 Å². The summed E-state index contributed by atoms with van der Waals surface area (Å²) in [6.07, 6.45) is 14.3. The molecule has 4 aromatic carbocycles. The van der Waals surface area contributed by atoms with E-state index in [1.54, 1.807) is 44.5 Å². The number of ketones is 3. The number of hydroxylamine groups is 3. The number of quaternary nitrogens is 1. The van der Waals surface area contributed by atoms with Crippen molar-refractivity contribution >= 4 is 27.7 Å². The summed E-state index contributed by atoms with van der Waals surface area (Å²) in [5, 5.41) is 86.4. The maximum Gasteiger partial charge on any atom is 0.394 e. The van der Waals surface area contributed by atoms with Gasteiger partial charge in [-0.25, -0.2) is 5.21 Å². The summed E-state index contributed by atoms with van der Waals surface area (Å²) in [7, 11) is 4.98. The number of likely N-dealkylation sites (tertiary alicyclic amines) is 4. The first kappa shape index (κ1) is 63.6. The number of benzene rings is 4. The van der Waals surface area contributed by atoms with E-state index in [4.69, 9.17) is 41.2 Å². The summed E-state index contributed by atoms with van der Waals surface area (Å²) in [5.41, 5.74) is 3.54. The molecule has 24 nitrogen and oxygen atoms in total. The lowest BCUT2D eigenvalue weighted by Crippen LogP contribution is -2.78. The van der Waals surface area contributed by atoms with Gasteiger partial charge in [0.15, 0.2) is 99.4 Å². The number of carbonyl (C=O) groups excluding carboxylic acids is 3. The number of aliphatic hydroxyl groups is 3. The fourth-order valence-corrected chi connectivity index (χ4v) is 20.9. The summed E-state index contributed by atoms with van der Waals surface area (Å²) in [6.45, 7) is 3.08. The highest BCUT2D eigenvalue weighted by atomic mass is 32.3. The van der Waals surface area contributed by atoms with Gasteiger partial charge in [0.2, 0.25) is 0 Å². The Balaban J connectivity index is 0.000000101. The van der Waals surface area contributed by atoms with Crippen molar-refractivity contribution in [2.24, 2.45) is 0 Å². The molecule has 16 aliphatic rings. The lowest BCUT2D eigenvalue weighted by Gasteiger charge is -2.61. The third-order valence-corrected chi connectivity index (χ3v) is 25.0. The molecule has 8 aliphatic heterocycles. The van der Waals surface area contributed by atoms with Gasteiger partial charge >= 0.3 is 10.4 Å². The van der Waals surface area contributed by atoms with Crippen molar-refractivity contribution in [2.75, 3.05) is 61.5 Å². The molecule has 8 heterocycles. The van der Waals surface area contributed by atoms with Crippen LogP contribution in [0.3, 0.4) is 0 Å². The number of ether oxygens (including phenoxy) is 5. The Kier molecular flexibility index (Phi) is 13.8. The van der Waals surface area contributed by atoms with E-state index in [1.807, 2.05) is 38.4 Å². The highest BCUT2D eigenvalue weighted by molar-refractivity contribution is 7.79. The first-order valence-electron chi connectivity index (χ1n) is 32.0. The van der Waals surface area contributed by atoms with Gasteiger partial charge in [0.05, 0.1) is 41.4 Å². The van der Waals surface area contributed by atoms with Crippen LogP contribution < -0.4 is 18.9 Å². The number of carbonyl (C=O) groups is 3. The molecule has 5 fully saturated rings. The van der Waals surface area contributed by atoms with Crippen LogP contribution >= 0.6 is 0 Å². The third kappa shape index (κ3) is 7.93. The SMILES string of the molecule is C.CN1CCC23c4c5ccc(O)c4OC2C(=O)C=CC3(O)C1C5.CN1CCC23c4c5ccc(O)c4OC2C(=O)CCC3(O)C1C5.COC1=CC=C2C3Cc4ccc(O)c5c4C2(CCN3C)C1O5.C[N+]1(O)CCC23c4c5ccc(O)c4OC2C(=O)C=CC3(O)C1C5.O=S(=O)(O)O. The summed E-state index contributed by atoms with van der Waals surface area (Å²) in [4.78, 5) is 44.2. The zero-order valence-electron chi connectivity index (χ0n) is 52.4. The van der Waals surface area contributed by atoms with Crippen LogP contribution in [0.25, 0.3) is 0 Å². The zero-order valence-corrected chi connectivity index (χ0v) is 53.2. The van der Waals surface area contributed by atoms with Gasteiger partial charge in [0.1, 0.15) is 17.9 Å². The molecule has 8 aliphatic carbocycles. The topological polar surface area (TPSA) is 344 Å². The molecule has 25 heteroatoms. The van der Waals surface area contributed by atoms with Crippen LogP contribution in [0.1, 0.15) is 90.5 Å². The van der Waals surface area contributed by atoms with E-state index in [0.29, 0.717) is 80.5 Å². The van der Waals surface area contributed by atoms with Crippen LogP contribution in [0, 0.1) is 0 Å². The summed E-state index contributed by atoms with van der Waals surface area (Å²) >= 11 is 0. The number of allylic oxidation sites excluding steroid dienone is 2. The molecule has 1 saturated carbocycles. The standard InChI is InChI=1S/C18H19NO3.C17H17NO5.C17H19NO4.C17H17NO4.CH4.H2O4S/c1-19-8-7-18-11-4-6-14(21-2)17(18)22-16-13(20)5-3-10(15(16)18)9-12(11)19;1-18(22)7-6-16-13-9-2-3-10(19)14(13)23-15(16)11(20)4-5-17(16,21)12(18)8-9;2*1-18-7-6-16-13-9-2-3-10(19)14(13)22-15(16)11(20)4-5-17(16,21)12(18)8-9;;1-5(2,3)4/h3-6,12,17,20H,7-9H2,1-2H3;2-5,12,15,21-22H,6-8H2,1H3;2-3,12,15,19,21H,4-8H2,1H3;2-5,12,15,19,21H,6-8H2,1H3;1H4;(H2,1,2,3,4)/p+1. The Bertz CT molecular complexity index is 4300. The molecule has 0 amide bonds. The largest absolute Gasteiger partial charge is 0.504 e. The number of phenolic OH excluding ortho intramolecular Hbond substituents is 4. The van der Waals surface area contributed by atoms with E-state index < -0.39 is 67.8 Å². The van der Waals surface area contributed by atoms with Gasteiger partial charge in [-0.15, -0.1) is 0 Å². The van der Waals surface area contributed by atoms with Gasteiger partial charge in [-0.05, 0) is 168 Å². The number of Topliss-reactive ketones (excluding diaryl/α,β-unsaturated/α-hetero) is 1. The second kappa shape index (κ2) is 20.6. The van der Waals surface area contributed by atoms with Crippen LogP contribution in [-0.4, -0.2) is 222 Å². The minimum Gasteiger partial charge on any atom is -0.504 e. The monoisotopic (exact) mass is 1330 g/mol. The highest BCUT2D eigenvalue weighted by Crippen LogP contribution is 2.68. The van der Waals surface area contributed by atoms with Crippen molar-refractivity contribution < 1.29 is 101 Å². The maximum atomic E-state index is 12.5. The van der Waals surface area contributed by atoms with Gasteiger partial charge < -0.3 is 64.3 Å². The average molecular weight is 1330 g/mol. The predicted molar refractivity (Wildman–Crippen MR) is 337 cm³/mol. The molecule has 95 heavy (non-hydrogen) atoms. The maximum absolute atomic E-state index is 12.5. The number of methoxy groups -OCH3 is 1. The number of hydrogen-bond acceptors (Lipinski definition) is 21. The van der Waals surface area contributed by atoms with Gasteiger partial charge in [-0.3, -0.25) is 33.3 Å². The van der Waals surface area contributed by atoms with E-state index in [9.17, 15) is 55.3 Å². The average Bonchev–Trinajstić information content (AvgIpc) is 1.62. The predicted octanol–water partition coefficient (Wildman–Crippen LogP) is 3.80. The first-order chi connectivity index (χ1) is 44.5. The minimum absolute atomic E-state index is 0. The molecule has 16 unspecified atom stereocenters. The van der Waals surface area contributed by atoms with Crippen LogP contribution in [0.4, 0.5) is 0 Å². The van der Waals surface area contributed by atoms with E-state index >= 15 is 0 Å². The normalized spacial score (nSPS) is 38.9. The van der Waals surface area contributed by atoms with Gasteiger partial charge in [0.25, 0.3) is 0 Å². The van der Waals surface area contributed by atoms with Crippen molar-refractivity contribution in [1.29, 1.82) is 0 Å². The number of phenols is 4. The highest BCUT2D eigenvalue weighted by Gasteiger charge is 2.77. The molecular weight excluding hydrogens is 1250 g/mol. The smallest absolute Gasteiger partial charge is 0.394 e. The van der Waals surface area contributed by atoms with Crippen molar-refractivity contribution in [2.45, 2.75) is 159 Å². The summed E-state index contributed by atoms with van der Waals surface area (Å²) in [6, 6.07) is 14.1. The van der Waals surface area contributed by atoms with Crippen LogP contribution in [0.2, 0.25) is 0 Å². The van der Waals surface area contributed by atoms with Crippen LogP contribution in [-0.2, 0) is 76.9 Å². The second-order valence-corrected chi connectivity index (χ2v) is 29.7. The van der Waals surface area contributed by atoms with E-state index in [2.05, 4.69) is 33.9 Å². The van der Waals surface area contributed by atoms with Crippen LogP contribution in [0.5, 0.6) is 46.0 Å². The Labute approximate surface area is 548 Å². The van der Waals surface area contributed by atoms with Crippen molar-refractivity contribution in [3.05, 3.63) is 141 Å². The summed E-state index contributed by atoms with van der Waals surface area (Å²) in [5.74, 6) is 2.75. The molecule has 10 N–H and O–H groups in total. The molecule has 504 valence electrons. The van der Waals surface area contributed by atoms with E-state index in [0.717, 1.165) is 78.0 Å². The van der Waals surface area contributed by atoms with Crippen LogP contribution in [0.15, 0.2) is 96.3 Å². The summed E-state index contributed by atoms with van der Waals surface area (Å²) < 4.78 is 60.8. The molecular formula is C70H79N4O20S+. The number of rotatable bonds is 1. The van der Waals surface area contributed by atoms with Crippen molar-refractivity contribution in [3.63, 3.8) is 0 Å². The van der Waals surface area contributed by atoms with Gasteiger partial charge in [0, 0.05) is 59.6 Å². The quantitative estimate of drug-likeness (QED) is 0.0957. The van der Waals surface area contributed by atoms with Crippen molar-refractivity contribution in [1.82, 2.24) is 14.7 Å². The molecule has 0 radical (unpaired) electrons. The van der Waals surface area contributed by atoms with Gasteiger partial charge in [-0.2, -0.15) is 13.1 Å². The Morgan fingerprint density at radius 3 is 1.58 bits per heavy atom.